The number of sulfonamides is 1. The van der Waals surface area contributed by atoms with Crippen LogP contribution in [0, 0.1) is 5.92 Å². The molecule has 1 amide bonds. The number of hydrogen-bond acceptors (Lipinski definition) is 5. The minimum Gasteiger partial charge on any atom is -0.494 e. The molecule has 0 unspecified atom stereocenters. The van der Waals surface area contributed by atoms with Gasteiger partial charge in [-0.3, -0.25) is 4.79 Å². The number of halogens is 1. The molecule has 1 aromatic heterocycles. The van der Waals surface area contributed by atoms with Crippen LogP contribution in [0.1, 0.15) is 19.8 Å². The molecular weight excluding hydrogens is 402 g/mol. The molecule has 0 aliphatic carbocycles. The molecule has 1 aliphatic heterocycles. The molecule has 7 nitrogen and oxygen atoms in total. The molecule has 3 rings (SSSR count). The van der Waals surface area contributed by atoms with E-state index in [4.69, 9.17) is 16.3 Å². The predicted molar refractivity (Wildman–Crippen MR) is 107 cm³/mol. The van der Waals surface area contributed by atoms with Gasteiger partial charge < -0.3 is 10.1 Å². The number of carbonyl (C=O) groups excluding carboxylic acids is 1. The van der Waals surface area contributed by atoms with Crippen molar-refractivity contribution >= 4 is 33.2 Å². The van der Waals surface area contributed by atoms with Crippen LogP contribution in [-0.4, -0.2) is 43.3 Å². The summed E-state index contributed by atoms with van der Waals surface area (Å²) in [7, 11) is -3.72. The van der Waals surface area contributed by atoms with Crippen LogP contribution in [0.15, 0.2) is 47.5 Å². The summed E-state index contributed by atoms with van der Waals surface area (Å²) in [5.74, 6) is 0.385. The Hall–Kier alpha value is -2.16. The van der Waals surface area contributed by atoms with Gasteiger partial charge in [0.15, 0.2) is 0 Å². The third-order valence-corrected chi connectivity index (χ3v) is 6.94. The highest BCUT2D eigenvalue weighted by atomic mass is 35.5. The summed E-state index contributed by atoms with van der Waals surface area (Å²) in [5, 5.41) is 2.84. The average molecular weight is 424 g/mol. The van der Waals surface area contributed by atoms with Crippen molar-refractivity contribution in [1.82, 2.24) is 9.29 Å². The van der Waals surface area contributed by atoms with Crippen molar-refractivity contribution in [2.45, 2.75) is 24.7 Å². The third kappa shape index (κ3) is 4.63. The van der Waals surface area contributed by atoms with Crippen LogP contribution in [0.5, 0.6) is 5.75 Å². The van der Waals surface area contributed by atoms with Crippen LogP contribution in [0.2, 0.25) is 5.15 Å². The Morgan fingerprint density at radius 1 is 1.25 bits per heavy atom. The molecule has 0 saturated carbocycles. The summed E-state index contributed by atoms with van der Waals surface area (Å²) in [6, 6.07) is 10.1. The van der Waals surface area contributed by atoms with E-state index in [1.54, 1.807) is 24.3 Å². The predicted octanol–water partition coefficient (Wildman–Crippen LogP) is 3.17. The Kier molecular flexibility index (Phi) is 6.53. The van der Waals surface area contributed by atoms with E-state index in [2.05, 4.69) is 10.3 Å². The topological polar surface area (TPSA) is 88.6 Å². The Morgan fingerprint density at radius 2 is 1.93 bits per heavy atom. The number of nitrogens with zero attached hydrogens (tertiary/aromatic N) is 2. The standard InChI is InChI=1S/C19H22ClN3O4S/c1-2-27-16-7-5-15(6-8-16)22-19(24)14-9-12-23(13-10-14)28(25,26)17-4-3-11-21-18(17)20/h3-8,11,14H,2,9-10,12-13H2,1H3,(H,22,24). The highest BCUT2D eigenvalue weighted by Gasteiger charge is 2.33. The molecule has 1 N–H and O–H groups in total. The number of ether oxygens (including phenoxy) is 1. The molecule has 9 heteroatoms. The smallest absolute Gasteiger partial charge is 0.246 e. The van der Waals surface area contributed by atoms with Crippen LogP contribution in [0.3, 0.4) is 0 Å². The van der Waals surface area contributed by atoms with Crippen molar-refractivity contribution in [3.05, 3.63) is 47.7 Å². The van der Waals surface area contributed by atoms with Gasteiger partial charge in [0.1, 0.15) is 15.8 Å². The molecule has 0 atom stereocenters. The molecule has 28 heavy (non-hydrogen) atoms. The number of rotatable bonds is 6. The molecule has 1 saturated heterocycles. The number of carbonyl (C=O) groups is 1. The van der Waals surface area contributed by atoms with Gasteiger partial charge in [0, 0.05) is 30.9 Å². The molecule has 150 valence electrons. The maximum atomic E-state index is 12.7. The minimum atomic E-state index is -3.72. The SMILES string of the molecule is CCOc1ccc(NC(=O)C2CCN(S(=O)(=O)c3cccnc3Cl)CC2)cc1. The lowest BCUT2D eigenvalue weighted by Crippen LogP contribution is -2.41. The van der Waals surface area contributed by atoms with E-state index in [1.807, 2.05) is 6.92 Å². The zero-order chi connectivity index (χ0) is 20.1. The highest BCUT2D eigenvalue weighted by Crippen LogP contribution is 2.27. The second-order valence-electron chi connectivity index (χ2n) is 6.42. The molecule has 0 spiro atoms. The zero-order valence-corrected chi connectivity index (χ0v) is 17.0. The maximum Gasteiger partial charge on any atom is 0.246 e. The van der Waals surface area contributed by atoms with Gasteiger partial charge in [-0.2, -0.15) is 4.31 Å². The van der Waals surface area contributed by atoms with Crippen LogP contribution < -0.4 is 10.1 Å². The van der Waals surface area contributed by atoms with Gasteiger partial charge in [-0.05, 0) is 56.2 Å². The van der Waals surface area contributed by atoms with Crippen molar-refractivity contribution in [2.75, 3.05) is 25.0 Å². The summed E-state index contributed by atoms with van der Waals surface area (Å²) in [6.07, 6.45) is 2.33. The number of pyridine rings is 1. The Morgan fingerprint density at radius 3 is 2.54 bits per heavy atom. The van der Waals surface area contributed by atoms with E-state index in [1.165, 1.54) is 22.6 Å². The largest absolute Gasteiger partial charge is 0.494 e. The first-order valence-electron chi connectivity index (χ1n) is 9.06. The fourth-order valence-corrected chi connectivity index (χ4v) is 5.00. The Balaban J connectivity index is 1.59. The van der Waals surface area contributed by atoms with Gasteiger partial charge in [-0.25, -0.2) is 13.4 Å². The molecule has 1 aliphatic rings. The van der Waals surface area contributed by atoms with E-state index in [0.717, 1.165) is 5.75 Å². The lowest BCUT2D eigenvalue weighted by Gasteiger charge is -2.30. The quantitative estimate of drug-likeness (QED) is 0.721. The molecule has 0 bridgehead atoms. The fraction of sp³-hybridized carbons (Fsp3) is 0.368. The second-order valence-corrected chi connectivity index (χ2v) is 8.68. The first kappa shape index (κ1) is 20.6. The lowest BCUT2D eigenvalue weighted by molar-refractivity contribution is -0.120. The van der Waals surface area contributed by atoms with E-state index < -0.39 is 10.0 Å². The minimum absolute atomic E-state index is 0.00560. The monoisotopic (exact) mass is 423 g/mol. The Labute approximate surface area is 169 Å². The number of nitrogens with one attached hydrogen (secondary N) is 1. The van der Waals surface area contributed by atoms with E-state index in [-0.39, 0.29) is 35.0 Å². The van der Waals surface area contributed by atoms with Crippen molar-refractivity contribution in [3.8, 4) is 5.75 Å². The van der Waals surface area contributed by atoms with Crippen molar-refractivity contribution in [2.24, 2.45) is 5.92 Å². The fourth-order valence-electron chi connectivity index (χ4n) is 3.11. The molecule has 1 aromatic carbocycles. The second kappa shape index (κ2) is 8.89. The number of anilines is 1. The van der Waals surface area contributed by atoms with E-state index in [0.29, 0.717) is 25.1 Å². The summed E-state index contributed by atoms with van der Waals surface area (Å²) in [5.41, 5.74) is 0.686. The molecular formula is C19H22ClN3O4S. The third-order valence-electron chi connectivity index (χ3n) is 4.60. The van der Waals surface area contributed by atoms with Crippen LogP contribution in [-0.2, 0) is 14.8 Å². The summed E-state index contributed by atoms with van der Waals surface area (Å²) >= 11 is 5.94. The average Bonchev–Trinajstić information content (AvgIpc) is 2.70. The zero-order valence-electron chi connectivity index (χ0n) is 15.5. The number of hydrogen-bond donors (Lipinski definition) is 1. The first-order valence-corrected chi connectivity index (χ1v) is 10.9. The number of piperidine rings is 1. The number of amides is 1. The molecule has 2 heterocycles. The van der Waals surface area contributed by atoms with Gasteiger partial charge in [0.2, 0.25) is 15.9 Å². The highest BCUT2D eigenvalue weighted by molar-refractivity contribution is 7.89. The first-order chi connectivity index (χ1) is 13.4. The van der Waals surface area contributed by atoms with Gasteiger partial charge >= 0.3 is 0 Å². The molecule has 2 aromatic rings. The van der Waals surface area contributed by atoms with Crippen molar-refractivity contribution in [3.63, 3.8) is 0 Å². The van der Waals surface area contributed by atoms with Gasteiger partial charge in [0.25, 0.3) is 0 Å². The van der Waals surface area contributed by atoms with E-state index in [9.17, 15) is 13.2 Å². The van der Waals surface area contributed by atoms with E-state index >= 15 is 0 Å². The van der Waals surface area contributed by atoms with Gasteiger partial charge in [-0.1, -0.05) is 11.6 Å². The number of aromatic nitrogens is 1. The van der Waals surface area contributed by atoms with Gasteiger partial charge in [0.05, 0.1) is 6.61 Å². The summed E-state index contributed by atoms with van der Waals surface area (Å²) < 4.78 is 32.2. The molecule has 1 fully saturated rings. The van der Waals surface area contributed by atoms with Gasteiger partial charge in [-0.15, -0.1) is 0 Å². The maximum absolute atomic E-state index is 12.7. The normalized spacial score (nSPS) is 15.9. The lowest BCUT2D eigenvalue weighted by atomic mass is 9.97. The van der Waals surface area contributed by atoms with Crippen molar-refractivity contribution < 1.29 is 17.9 Å². The van der Waals surface area contributed by atoms with Crippen LogP contribution >= 0.6 is 11.6 Å². The number of benzene rings is 1. The summed E-state index contributed by atoms with van der Waals surface area (Å²) in [6.45, 7) is 3.01. The van der Waals surface area contributed by atoms with Crippen molar-refractivity contribution in [1.29, 1.82) is 0 Å². The Bertz CT molecular complexity index is 926. The van der Waals surface area contributed by atoms with Crippen LogP contribution in [0.25, 0.3) is 0 Å². The summed E-state index contributed by atoms with van der Waals surface area (Å²) in [4.78, 5) is 16.3. The van der Waals surface area contributed by atoms with Crippen LogP contribution in [0.4, 0.5) is 5.69 Å². The molecule has 0 radical (unpaired) electrons.